The van der Waals surface area contributed by atoms with Gasteiger partial charge in [-0.05, 0) is 55.7 Å². The lowest BCUT2D eigenvalue weighted by atomic mass is 9.97. The van der Waals surface area contributed by atoms with E-state index >= 15 is 0 Å². The van der Waals surface area contributed by atoms with E-state index in [9.17, 15) is 26.4 Å². The van der Waals surface area contributed by atoms with E-state index in [1.54, 1.807) is 31.2 Å². The van der Waals surface area contributed by atoms with Gasteiger partial charge in [0.1, 0.15) is 0 Å². The van der Waals surface area contributed by atoms with Gasteiger partial charge in [0, 0.05) is 18.7 Å². The number of nitrogens with one attached hydrogen (secondary N) is 1. The highest BCUT2D eigenvalue weighted by molar-refractivity contribution is 7.92. The number of carbonyl (C=O) groups is 1. The summed E-state index contributed by atoms with van der Waals surface area (Å²) in [4.78, 5) is 13.7. The topological polar surface area (TPSA) is 66.5 Å². The van der Waals surface area contributed by atoms with E-state index in [1.165, 1.54) is 29.2 Å². The number of benzene rings is 2. The van der Waals surface area contributed by atoms with Crippen LogP contribution >= 0.6 is 0 Å². The predicted molar refractivity (Wildman–Crippen MR) is 103 cm³/mol. The number of amides is 1. The largest absolute Gasteiger partial charge is 0.393 e. The Balaban J connectivity index is 1.74. The number of aryl methyl sites for hydroxylation is 1. The van der Waals surface area contributed by atoms with E-state index in [0.717, 1.165) is 5.56 Å². The van der Waals surface area contributed by atoms with Gasteiger partial charge in [0.15, 0.2) is 0 Å². The van der Waals surface area contributed by atoms with Crippen LogP contribution in [-0.4, -0.2) is 38.5 Å². The van der Waals surface area contributed by atoms with Crippen LogP contribution in [0.1, 0.15) is 28.8 Å². The fourth-order valence-corrected chi connectivity index (χ4v) is 4.41. The molecule has 0 unspecified atom stereocenters. The van der Waals surface area contributed by atoms with Crippen LogP contribution < -0.4 is 4.72 Å². The average Bonchev–Trinajstić information content (AvgIpc) is 2.68. The van der Waals surface area contributed by atoms with Crippen LogP contribution in [0, 0.1) is 12.8 Å². The standard InChI is InChI=1S/C20H21F3N2O3S/c1-14-5-2-3-7-18(14)24-29(27,28)17-10-8-15(9-11-17)19(26)25-12-4-6-16(13-25)20(21,22)23/h2-3,5,7-11,16,24H,4,6,12-13H2,1H3/t16-/m0/s1. The van der Waals surface area contributed by atoms with Crippen LogP contribution in [0.2, 0.25) is 0 Å². The molecule has 1 saturated heterocycles. The first-order valence-corrected chi connectivity index (χ1v) is 10.6. The molecule has 1 amide bonds. The SMILES string of the molecule is Cc1ccccc1NS(=O)(=O)c1ccc(C(=O)N2CCC[C@H](C(F)(F)F)C2)cc1. The summed E-state index contributed by atoms with van der Waals surface area (Å²) in [5.41, 5.74) is 1.36. The highest BCUT2D eigenvalue weighted by Gasteiger charge is 2.42. The Kier molecular flexibility index (Phi) is 5.88. The van der Waals surface area contributed by atoms with Crippen LogP contribution in [0.3, 0.4) is 0 Å². The summed E-state index contributed by atoms with van der Waals surface area (Å²) in [5, 5.41) is 0. The molecule has 0 saturated carbocycles. The highest BCUT2D eigenvalue weighted by atomic mass is 32.2. The van der Waals surface area contributed by atoms with Gasteiger partial charge in [0.25, 0.3) is 15.9 Å². The van der Waals surface area contributed by atoms with Crippen molar-refractivity contribution in [3.05, 3.63) is 59.7 Å². The molecule has 0 aliphatic carbocycles. The van der Waals surface area contributed by atoms with E-state index in [0.29, 0.717) is 5.69 Å². The van der Waals surface area contributed by atoms with Gasteiger partial charge in [-0.15, -0.1) is 0 Å². The molecule has 2 aromatic rings. The Morgan fingerprint density at radius 1 is 1.10 bits per heavy atom. The van der Waals surface area contributed by atoms with Gasteiger partial charge in [0.05, 0.1) is 16.5 Å². The first-order valence-electron chi connectivity index (χ1n) is 9.12. The fraction of sp³-hybridized carbons (Fsp3) is 0.350. The second-order valence-corrected chi connectivity index (χ2v) is 8.76. The van der Waals surface area contributed by atoms with Crippen LogP contribution in [-0.2, 0) is 10.0 Å². The molecule has 1 aliphatic heterocycles. The molecular formula is C20H21F3N2O3S. The minimum Gasteiger partial charge on any atom is -0.338 e. The number of anilines is 1. The molecule has 3 rings (SSSR count). The Morgan fingerprint density at radius 3 is 2.38 bits per heavy atom. The van der Waals surface area contributed by atoms with E-state index in [-0.39, 0.29) is 36.4 Å². The van der Waals surface area contributed by atoms with Crippen molar-refractivity contribution in [2.24, 2.45) is 5.92 Å². The van der Waals surface area contributed by atoms with Crippen molar-refractivity contribution in [1.82, 2.24) is 4.90 Å². The normalized spacial score (nSPS) is 17.8. The second kappa shape index (κ2) is 8.06. The van der Waals surface area contributed by atoms with Crippen molar-refractivity contribution in [1.29, 1.82) is 0 Å². The molecule has 0 radical (unpaired) electrons. The lowest BCUT2D eigenvalue weighted by molar-refractivity contribution is -0.184. The monoisotopic (exact) mass is 426 g/mol. The molecule has 2 aromatic carbocycles. The molecule has 5 nitrogen and oxygen atoms in total. The van der Waals surface area contributed by atoms with E-state index < -0.39 is 28.0 Å². The van der Waals surface area contributed by atoms with Crippen molar-refractivity contribution in [3.63, 3.8) is 0 Å². The zero-order chi connectivity index (χ0) is 21.2. The molecule has 1 aliphatic rings. The van der Waals surface area contributed by atoms with Gasteiger partial charge >= 0.3 is 6.18 Å². The maximum Gasteiger partial charge on any atom is 0.393 e. The third-order valence-electron chi connectivity index (χ3n) is 4.97. The molecule has 29 heavy (non-hydrogen) atoms. The summed E-state index contributed by atoms with van der Waals surface area (Å²) in [6.45, 7) is 1.64. The van der Waals surface area contributed by atoms with Gasteiger partial charge in [-0.3, -0.25) is 9.52 Å². The summed E-state index contributed by atoms with van der Waals surface area (Å²) in [5.74, 6) is -2.06. The van der Waals surface area contributed by atoms with Crippen molar-refractivity contribution in [2.75, 3.05) is 17.8 Å². The fourth-order valence-electron chi connectivity index (χ4n) is 3.28. The van der Waals surface area contributed by atoms with Gasteiger partial charge in [-0.2, -0.15) is 13.2 Å². The van der Waals surface area contributed by atoms with Crippen molar-refractivity contribution in [3.8, 4) is 0 Å². The summed E-state index contributed by atoms with van der Waals surface area (Å²) >= 11 is 0. The molecule has 0 spiro atoms. The van der Waals surface area contributed by atoms with Crippen LogP contribution in [0.5, 0.6) is 0 Å². The molecule has 1 N–H and O–H groups in total. The minimum atomic E-state index is -4.34. The summed E-state index contributed by atoms with van der Waals surface area (Å²) in [7, 11) is -3.85. The third kappa shape index (κ3) is 4.90. The molecule has 0 aromatic heterocycles. The number of alkyl halides is 3. The van der Waals surface area contributed by atoms with Crippen LogP contribution in [0.4, 0.5) is 18.9 Å². The Hall–Kier alpha value is -2.55. The lowest BCUT2D eigenvalue weighted by Crippen LogP contribution is -2.44. The maximum absolute atomic E-state index is 13.0. The third-order valence-corrected chi connectivity index (χ3v) is 6.35. The first kappa shape index (κ1) is 21.2. The minimum absolute atomic E-state index is 0.00896. The number of nitrogens with zero attached hydrogens (tertiary/aromatic N) is 1. The summed E-state index contributed by atoms with van der Waals surface area (Å²) in [6.07, 6.45) is -4.05. The second-order valence-electron chi connectivity index (χ2n) is 7.08. The molecule has 9 heteroatoms. The number of piperidine rings is 1. The number of hydrogen-bond donors (Lipinski definition) is 1. The maximum atomic E-state index is 13.0. The number of carbonyl (C=O) groups excluding carboxylic acids is 1. The molecule has 156 valence electrons. The summed E-state index contributed by atoms with van der Waals surface area (Å²) < 4.78 is 66.5. The zero-order valence-corrected chi connectivity index (χ0v) is 16.6. The van der Waals surface area contributed by atoms with Gasteiger partial charge in [-0.25, -0.2) is 8.42 Å². The first-order chi connectivity index (χ1) is 13.6. The number of likely N-dealkylation sites (tertiary alicyclic amines) is 1. The Labute approximate surface area is 167 Å². The number of rotatable bonds is 4. The van der Waals surface area contributed by atoms with Crippen LogP contribution in [0.15, 0.2) is 53.4 Å². The number of hydrogen-bond acceptors (Lipinski definition) is 3. The molecule has 0 bridgehead atoms. The Morgan fingerprint density at radius 2 is 1.76 bits per heavy atom. The average molecular weight is 426 g/mol. The lowest BCUT2D eigenvalue weighted by Gasteiger charge is -2.33. The molecule has 1 fully saturated rings. The van der Waals surface area contributed by atoms with Crippen LogP contribution in [0.25, 0.3) is 0 Å². The van der Waals surface area contributed by atoms with Gasteiger partial charge < -0.3 is 4.90 Å². The van der Waals surface area contributed by atoms with E-state index in [2.05, 4.69) is 4.72 Å². The van der Waals surface area contributed by atoms with Crippen molar-refractivity contribution in [2.45, 2.75) is 30.8 Å². The zero-order valence-electron chi connectivity index (χ0n) is 15.7. The number of para-hydroxylation sites is 1. The van der Waals surface area contributed by atoms with E-state index in [1.807, 2.05) is 0 Å². The highest BCUT2D eigenvalue weighted by Crippen LogP contribution is 2.33. The van der Waals surface area contributed by atoms with E-state index in [4.69, 9.17) is 0 Å². The Bertz CT molecular complexity index is 989. The smallest absolute Gasteiger partial charge is 0.338 e. The van der Waals surface area contributed by atoms with Gasteiger partial charge in [0.2, 0.25) is 0 Å². The number of halogens is 3. The summed E-state index contributed by atoms with van der Waals surface area (Å²) in [6, 6.07) is 12.1. The van der Waals surface area contributed by atoms with Crippen molar-refractivity contribution < 1.29 is 26.4 Å². The van der Waals surface area contributed by atoms with Crippen molar-refractivity contribution >= 4 is 21.6 Å². The molecule has 1 heterocycles. The quantitative estimate of drug-likeness (QED) is 0.797. The molecular weight excluding hydrogens is 405 g/mol. The van der Waals surface area contributed by atoms with Gasteiger partial charge in [-0.1, -0.05) is 18.2 Å². The molecule has 1 atom stereocenters. The number of sulfonamides is 1. The predicted octanol–water partition coefficient (Wildman–Crippen LogP) is 4.21.